The Hall–Kier alpha value is -1.54. The predicted octanol–water partition coefficient (Wildman–Crippen LogP) is 2.56. The maximum atomic E-state index is 5.79. The van der Waals surface area contributed by atoms with Crippen molar-refractivity contribution in [1.82, 2.24) is 0 Å². The van der Waals surface area contributed by atoms with Gasteiger partial charge in [-0.15, -0.1) is 0 Å². The van der Waals surface area contributed by atoms with E-state index < -0.39 is 0 Å². The fourth-order valence-electron chi connectivity index (χ4n) is 1.76. The van der Waals surface area contributed by atoms with Crippen LogP contribution < -0.4 is 5.73 Å². The summed E-state index contributed by atoms with van der Waals surface area (Å²) in [4.78, 5) is 0. The molecule has 0 amide bonds. The van der Waals surface area contributed by atoms with E-state index in [1.54, 1.807) is 12.5 Å². The van der Waals surface area contributed by atoms with Crippen molar-refractivity contribution in [3.05, 3.63) is 60.1 Å². The van der Waals surface area contributed by atoms with E-state index >= 15 is 0 Å². The lowest BCUT2D eigenvalue weighted by atomic mass is 9.93. The summed E-state index contributed by atoms with van der Waals surface area (Å²) in [6.07, 6.45) is 4.43. The third kappa shape index (κ3) is 2.48. The lowest BCUT2D eigenvalue weighted by Crippen LogP contribution is -2.14. The van der Waals surface area contributed by atoms with Crippen molar-refractivity contribution >= 4 is 0 Å². The summed E-state index contributed by atoms with van der Waals surface area (Å²) in [5.41, 5.74) is 8.29. The number of furan rings is 1. The Morgan fingerprint density at radius 1 is 1.13 bits per heavy atom. The molecule has 0 aliphatic heterocycles. The van der Waals surface area contributed by atoms with E-state index in [2.05, 4.69) is 12.1 Å². The van der Waals surface area contributed by atoms with Crippen LogP contribution in [0.25, 0.3) is 0 Å². The summed E-state index contributed by atoms with van der Waals surface area (Å²) in [6, 6.07) is 12.4. The zero-order valence-electron chi connectivity index (χ0n) is 8.60. The molecular formula is C13H15NO. The highest BCUT2D eigenvalue weighted by Gasteiger charge is 2.10. The van der Waals surface area contributed by atoms with Crippen molar-refractivity contribution < 1.29 is 4.42 Å². The van der Waals surface area contributed by atoms with Gasteiger partial charge < -0.3 is 10.2 Å². The van der Waals surface area contributed by atoms with E-state index in [0.717, 1.165) is 6.42 Å². The molecule has 1 unspecified atom stereocenters. The van der Waals surface area contributed by atoms with Crippen LogP contribution in [-0.4, -0.2) is 6.54 Å². The first-order valence-corrected chi connectivity index (χ1v) is 5.16. The molecule has 1 atom stereocenters. The molecule has 15 heavy (non-hydrogen) atoms. The van der Waals surface area contributed by atoms with E-state index in [1.807, 2.05) is 24.3 Å². The maximum absolute atomic E-state index is 5.79. The first-order chi connectivity index (χ1) is 7.40. The molecule has 78 valence electrons. The monoisotopic (exact) mass is 201 g/mol. The molecule has 2 rings (SSSR count). The Bertz CT molecular complexity index is 380. The smallest absolute Gasteiger partial charge is 0.0934 e. The van der Waals surface area contributed by atoms with E-state index in [-0.39, 0.29) is 0 Å². The van der Waals surface area contributed by atoms with Crippen LogP contribution in [0.3, 0.4) is 0 Å². The molecule has 1 aromatic heterocycles. The van der Waals surface area contributed by atoms with Gasteiger partial charge in [0.2, 0.25) is 0 Å². The van der Waals surface area contributed by atoms with Crippen LogP contribution in [0.1, 0.15) is 17.0 Å². The Morgan fingerprint density at radius 2 is 1.93 bits per heavy atom. The van der Waals surface area contributed by atoms with Crippen molar-refractivity contribution in [3.63, 3.8) is 0 Å². The van der Waals surface area contributed by atoms with E-state index in [1.165, 1.54) is 11.1 Å². The maximum Gasteiger partial charge on any atom is 0.0934 e. The highest BCUT2D eigenvalue weighted by Crippen LogP contribution is 2.19. The summed E-state index contributed by atoms with van der Waals surface area (Å²) in [6.45, 7) is 0.662. The molecule has 1 aromatic carbocycles. The van der Waals surface area contributed by atoms with Gasteiger partial charge in [0.25, 0.3) is 0 Å². The first kappa shape index (κ1) is 9.99. The molecule has 2 aromatic rings. The van der Waals surface area contributed by atoms with Gasteiger partial charge in [-0.1, -0.05) is 30.3 Å². The highest BCUT2D eigenvalue weighted by molar-refractivity contribution is 5.22. The quantitative estimate of drug-likeness (QED) is 0.825. The SMILES string of the molecule is NCC(Cc1ccoc1)c1ccccc1. The van der Waals surface area contributed by atoms with Gasteiger partial charge in [0.15, 0.2) is 0 Å². The highest BCUT2D eigenvalue weighted by atomic mass is 16.3. The zero-order chi connectivity index (χ0) is 10.5. The standard InChI is InChI=1S/C13H15NO/c14-9-13(8-11-6-7-15-10-11)12-4-2-1-3-5-12/h1-7,10,13H,8-9,14H2. The minimum Gasteiger partial charge on any atom is -0.472 e. The van der Waals surface area contributed by atoms with Crippen LogP contribution >= 0.6 is 0 Å². The number of rotatable bonds is 4. The van der Waals surface area contributed by atoms with Crippen molar-refractivity contribution in [2.45, 2.75) is 12.3 Å². The van der Waals surface area contributed by atoms with Gasteiger partial charge in [-0.2, -0.15) is 0 Å². The van der Waals surface area contributed by atoms with Crippen LogP contribution in [0.15, 0.2) is 53.3 Å². The lowest BCUT2D eigenvalue weighted by Gasteiger charge is -2.13. The third-order valence-corrected chi connectivity index (χ3v) is 2.62. The molecule has 2 heteroatoms. The Kier molecular flexibility index (Phi) is 3.20. The van der Waals surface area contributed by atoms with Crippen LogP contribution in [0.4, 0.5) is 0 Å². The van der Waals surface area contributed by atoms with Crippen molar-refractivity contribution in [1.29, 1.82) is 0 Å². The fourth-order valence-corrected chi connectivity index (χ4v) is 1.76. The van der Waals surface area contributed by atoms with Crippen LogP contribution in [0.2, 0.25) is 0 Å². The minimum atomic E-state index is 0.379. The molecule has 0 spiro atoms. The predicted molar refractivity (Wildman–Crippen MR) is 60.6 cm³/mol. The molecule has 0 fully saturated rings. The van der Waals surface area contributed by atoms with E-state index in [4.69, 9.17) is 10.2 Å². The molecular weight excluding hydrogens is 186 g/mol. The summed E-state index contributed by atoms with van der Waals surface area (Å²) in [5.74, 6) is 0.379. The van der Waals surface area contributed by atoms with Gasteiger partial charge in [0.1, 0.15) is 0 Å². The van der Waals surface area contributed by atoms with Crippen molar-refractivity contribution in [2.24, 2.45) is 5.73 Å². The zero-order valence-corrected chi connectivity index (χ0v) is 8.60. The molecule has 2 nitrogen and oxygen atoms in total. The summed E-state index contributed by atoms with van der Waals surface area (Å²) >= 11 is 0. The summed E-state index contributed by atoms with van der Waals surface area (Å²) in [7, 11) is 0. The molecule has 0 saturated heterocycles. The normalized spacial score (nSPS) is 12.6. The van der Waals surface area contributed by atoms with Gasteiger partial charge in [0, 0.05) is 5.92 Å². The Balaban J connectivity index is 2.12. The molecule has 0 aliphatic rings. The minimum absolute atomic E-state index is 0.379. The topological polar surface area (TPSA) is 39.2 Å². The Morgan fingerprint density at radius 3 is 2.53 bits per heavy atom. The molecule has 1 heterocycles. The molecule has 0 bridgehead atoms. The largest absolute Gasteiger partial charge is 0.472 e. The number of hydrogen-bond acceptors (Lipinski definition) is 2. The van der Waals surface area contributed by atoms with Gasteiger partial charge in [-0.05, 0) is 30.2 Å². The fraction of sp³-hybridized carbons (Fsp3) is 0.231. The molecule has 0 radical (unpaired) electrons. The molecule has 2 N–H and O–H groups in total. The summed E-state index contributed by atoms with van der Waals surface area (Å²) < 4.78 is 5.05. The number of nitrogens with two attached hydrogens (primary N) is 1. The second-order valence-corrected chi connectivity index (χ2v) is 3.68. The van der Waals surface area contributed by atoms with Gasteiger partial charge in [0.05, 0.1) is 12.5 Å². The van der Waals surface area contributed by atoms with Gasteiger partial charge in [-0.3, -0.25) is 0 Å². The van der Waals surface area contributed by atoms with Crippen LogP contribution in [-0.2, 0) is 6.42 Å². The second kappa shape index (κ2) is 4.80. The second-order valence-electron chi connectivity index (χ2n) is 3.68. The van der Waals surface area contributed by atoms with Crippen LogP contribution in [0, 0.1) is 0 Å². The van der Waals surface area contributed by atoms with Crippen LogP contribution in [0.5, 0.6) is 0 Å². The summed E-state index contributed by atoms with van der Waals surface area (Å²) in [5, 5.41) is 0. The molecule has 0 saturated carbocycles. The number of hydrogen-bond donors (Lipinski definition) is 1. The van der Waals surface area contributed by atoms with E-state index in [0.29, 0.717) is 12.5 Å². The molecule has 0 aliphatic carbocycles. The third-order valence-electron chi connectivity index (χ3n) is 2.62. The van der Waals surface area contributed by atoms with Crippen molar-refractivity contribution in [2.75, 3.05) is 6.54 Å². The van der Waals surface area contributed by atoms with Crippen molar-refractivity contribution in [3.8, 4) is 0 Å². The van der Waals surface area contributed by atoms with E-state index in [9.17, 15) is 0 Å². The Labute approximate surface area is 89.7 Å². The average Bonchev–Trinajstić information content (AvgIpc) is 2.80. The van der Waals surface area contributed by atoms with Gasteiger partial charge >= 0.3 is 0 Å². The lowest BCUT2D eigenvalue weighted by molar-refractivity contribution is 0.561. The average molecular weight is 201 g/mol. The van der Waals surface area contributed by atoms with Gasteiger partial charge in [-0.25, -0.2) is 0 Å². The first-order valence-electron chi connectivity index (χ1n) is 5.16. The number of benzene rings is 1.